The van der Waals surface area contributed by atoms with Gasteiger partial charge in [-0.05, 0) is 26.8 Å². The second-order valence-corrected chi connectivity index (χ2v) is 6.06. The first-order valence-corrected chi connectivity index (χ1v) is 7.60. The van der Waals surface area contributed by atoms with E-state index < -0.39 is 17.4 Å². The number of carbonyl (C=O) groups is 2. The van der Waals surface area contributed by atoms with Crippen molar-refractivity contribution in [1.29, 1.82) is 0 Å². The van der Waals surface area contributed by atoms with E-state index >= 15 is 0 Å². The van der Waals surface area contributed by atoms with Crippen LogP contribution in [0.15, 0.2) is 16.7 Å². The van der Waals surface area contributed by atoms with Crippen molar-refractivity contribution in [3.8, 4) is 5.82 Å². The fourth-order valence-electron chi connectivity index (χ4n) is 2.97. The molecule has 0 aliphatic carbocycles. The van der Waals surface area contributed by atoms with Crippen LogP contribution in [0, 0.1) is 20.8 Å². The predicted octanol–water partition coefficient (Wildman–Crippen LogP) is 1.36. The van der Waals surface area contributed by atoms with Gasteiger partial charge in [0.25, 0.3) is 5.91 Å². The van der Waals surface area contributed by atoms with Crippen LogP contribution in [0.4, 0.5) is 0 Å². The molecular weight excluding hydrogens is 314 g/mol. The molecule has 1 fully saturated rings. The van der Waals surface area contributed by atoms with Crippen LogP contribution in [-0.4, -0.2) is 45.5 Å². The van der Waals surface area contributed by atoms with Crippen molar-refractivity contribution >= 4 is 11.9 Å². The highest BCUT2D eigenvalue weighted by molar-refractivity contribution is 5.99. The highest BCUT2D eigenvalue weighted by atomic mass is 16.5. The van der Waals surface area contributed by atoms with Gasteiger partial charge in [0.05, 0.1) is 12.2 Å². The number of hydrogen-bond donors (Lipinski definition) is 2. The third-order valence-electron chi connectivity index (χ3n) is 4.30. The van der Waals surface area contributed by atoms with Crippen molar-refractivity contribution in [2.24, 2.45) is 0 Å². The normalized spacial score (nSPS) is 20.3. The minimum atomic E-state index is -1.37. The van der Waals surface area contributed by atoms with Crippen molar-refractivity contribution in [1.82, 2.24) is 15.0 Å². The van der Waals surface area contributed by atoms with Gasteiger partial charge < -0.3 is 19.7 Å². The van der Waals surface area contributed by atoms with Crippen LogP contribution in [0.5, 0.6) is 0 Å². The van der Waals surface area contributed by atoms with Crippen molar-refractivity contribution in [2.75, 3.05) is 13.2 Å². The van der Waals surface area contributed by atoms with Gasteiger partial charge >= 0.3 is 5.97 Å². The van der Waals surface area contributed by atoms with Crippen molar-refractivity contribution in [3.05, 3.63) is 34.8 Å². The van der Waals surface area contributed by atoms with E-state index in [4.69, 9.17) is 9.26 Å². The number of aromatic nitrogens is 2. The summed E-state index contributed by atoms with van der Waals surface area (Å²) in [6, 6.07) is 3.48. The topological polar surface area (TPSA) is 107 Å². The largest absolute Gasteiger partial charge is 0.479 e. The number of amides is 1. The van der Waals surface area contributed by atoms with Crippen LogP contribution < -0.4 is 5.32 Å². The van der Waals surface area contributed by atoms with Crippen molar-refractivity contribution < 1.29 is 24.0 Å². The molecule has 8 nitrogen and oxygen atoms in total. The SMILES string of the molecule is Cc1cc(-n2c(C)cc(C(=O)NC3(C(=O)O)CCOC3)c2C)no1. The maximum absolute atomic E-state index is 12.6. The number of carboxylic acid groups (broad SMARTS) is 1. The molecule has 0 spiro atoms. The summed E-state index contributed by atoms with van der Waals surface area (Å²) in [7, 11) is 0. The maximum atomic E-state index is 12.6. The minimum Gasteiger partial charge on any atom is -0.479 e. The van der Waals surface area contributed by atoms with E-state index in [-0.39, 0.29) is 13.0 Å². The van der Waals surface area contributed by atoms with E-state index in [1.165, 1.54) is 0 Å². The molecule has 0 aromatic carbocycles. The first kappa shape index (κ1) is 16.3. The molecule has 3 heterocycles. The molecule has 24 heavy (non-hydrogen) atoms. The molecule has 1 atom stereocenters. The summed E-state index contributed by atoms with van der Waals surface area (Å²) < 4.78 is 12.1. The lowest BCUT2D eigenvalue weighted by atomic mass is 9.98. The maximum Gasteiger partial charge on any atom is 0.331 e. The number of carboxylic acids is 1. The average molecular weight is 333 g/mol. The van der Waals surface area contributed by atoms with E-state index in [2.05, 4.69) is 10.5 Å². The molecule has 1 unspecified atom stereocenters. The Labute approximate surface area is 138 Å². The molecule has 128 valence electrons. The Hall–Kier alpha value is -2.61. The lowest BCUT2D eigenvalue weighted by Crippen LogP contribution is -2.55. The van der Waals surface area contributed by atoms with E-state index in [0.717, 1.165) is 5.69 Å². The van der Waals surface area contributed by atoms with Gasteiger partial charge in [-0.2, -0.15) is 0 Å². The summed E-state index contributed by atoms with van der Waals surface area (Å²) in [4.78, 5) is 24.2. The Morgan fingerprint density at radius 2 is 2.08 bits per heavy atom. The molecule has 0 bridgehead atoms. The molecule has 2 N–H and O–H groups in total. The second-order valence-electron chi connectivity index (χ2n) is 6.06. The molecule has 8 heteroatoms. The molecule has 2 aromatic rings. The summed E-state index contributed by atoms with van der Waals surface area (Å²) >= 11 is 0. The number of aliphatic carboxylic acids is 1. The monoisotopic (exact) mass is 333 g/mol. The zero-order valence-electron chi connectivity index (χ0n) is 13.8. The van der Waals surface area contributed by atoms with Gasteiger partial charge in [-0.25, -0.2) is 4.79 Å². The van der Waals surface area contributed by atoms with Crippen LogP contribution in [-0.2, 0) is 9.53 Å². The van der Waals surface area contributed by atoms with Crippen LogP contribution in [0.2, 0.25) is 0 Å². The first-order chi connectivity index (χ1) is 11.3. The smallest absolute Gasteiger partial charge is 0.331 e. The van der Waals surface area contributed by atoms with Gasteiger partial charge in [0, 0.05) is 30.5 Å². The lowest BCUT2D eigenvalue weighted by molar-refractivity contribution is -0.144. The summed E-state index contributed by atoms with van der Waals surface area (Å²) in [5, 5.41) is 16.0. The van der Waals surface area contributed by atoms with Gasteiger partial charge in [-0.1, -0.05) is 5.16 Å². The van der Waals surface area contributed by atoms with Gasteiger partial charge in [-0.15, -0.1) is 0 Å². The second kappa shape index (κ2) is 5.79. The quantitative estimate of drug-likeness (QED) is 0.875. The Bertz CT molecular complexity index is 799. The van der Waals surface area contributed by atoms with E-state index in [1.54, 1.807) is 30.5 Å². The number of aryl methyl sites for hydroxylation is 2. The van der Waals surface area contributed by atoms with E-state index in [9.17, 15) is 14.7 Å². The summed E-state index contributed by atoms with van der Waals surface area (Å²) in [5.74, 6) is -0.285. The molecule has 1 saturated heterocycles. The van der Waals surface area contributed by atoms with Crippen LogP contribution in [0.25, 0.3) is 5.82 Å². The average Bonchev–Trinajstić information content (AvgIpc) is 3.20. The number of carbonyl (C=O) groups excluding carboxylic acids is 1. The Morgan fingerprint density at radius 3 is 2.62 bits per heavy atom. The molecule has 3 rings (SSSR count). The van der Waals surface area contributed by atoms with Gasteiger partial charge in [0.2, 0.25) is 0 Å². The zero-order valence-corrected chi connectivity index (χ0v) is 13.8. The standard InChI is InChI=1S/C16H19N3O5/c1-9-6-12(11(3)19(9)13-7-10(2)24-18-13)14(20)17-16(15(21)22)4-5-23-8-16/h6-7H,4-5,8H2,1-3H3,(H,17,20)(H,21,22). The third kappa shape index (κ3) is 2.58. The highest BCUT2D eigenvalue weighted by Gasteiger charge is 2.44. The summed E-state index contributed by atoms with van der Waals surface area (Å²) in [6.45, 7) is 5.69. The number of nitrogens with zero attached hydrogens (tertiary/aromatic N) is 2. The third-order valence-corrected chi connectivity index (χ3v) is 4.30. The predicted molar refractivity (Wildman–Crippen MR) is 83.3 cm³/mol. The Balaban J connectivity index is 1.93. The number of hydrogen-bond acceptors (Lipinski definition) is 5. The first-order valence-electron chi connectivity index (χ1n) is 7.60. The fourth-order valence-corrected chi connectivity index (χ4v) is 2.97. The number of ether oxygens (including phenoxy) is 1. The van der Waals surface area contributed by atoms with E-state index in [0.29, 0.717) is 29.4 Å². The molecule has 2 aromatic heterocycles. The van der Waals surface area contributed by atoms with Crippen molar-refractivity contribution in [3.63, 3.8) is 0 Å². The fraction of sp³-hybridized carbons (Fsp3) is 0.438. The molecule has 1 amide bonds. The molecule has 1 aliphatic rings. The van der Waals surface area contributed by atoms with E-state index in [1.807, 2.05) is 6.92 Å². The van der Waals surface area contributed by atoms with Crippen LogP contribution in [0.3, 0.4) is 0 Å². The Kier molecular flexibility index (Phi) is 3.92. The zero-order chi connectivity index (χ0) is 17.5. The minimum absolute atomic E-state index is 0.0324. The molecule has 0 saturated carbocycles. The number of nitrogens with one attached hydrogen (secondary N) is 1. The van der Waals surface area contributed by atoms with Crippen LogP contribution in [0.1, 0.15) is 33.9 Å². The van der Waals surface area contributed by atoms with Gasteiger partial charge in [0.1, 0.15) is 5.76 Å². The van der Waals surface area contributed by atoms with Gasteiger partial charge in [0.15, 0.2) is 11.4 Å². The lowest BCUT2D eigenvalue weighted by Gasteiger charge is -2.23. The van der Waals surface area contributed by atoms with Gasteiger partial charge in [-0.3, -0.25) is 9.36 Å². The molecule has 0 radical (unpaired) electrons. The van der Waals surface area contributed by atoms with Crippen LogP contribution >= 0.6 is 0 Å². The molecular formula is C16H19N3O5. The highest BCUT2D eigenvalue weighted by Crippen LogP contribution is 2.23. The summed E-state index contributed by atoms with van der Waals surface area (Å²) in [5.41, 5.74) is 0.501. The van der Waals surface area contributed by atoms with Crippen molar-refractivity contribution in [2.45, 2.75) is 32.7 Å². The Morgan fingerprint density at radius 1 is 1.33 bits per heavy atom. The molecule has 1 aliphatic heterocycles. The number of rotatable bonds is 4. The summed E-state index contributed by atoms with van der Waals surface area (Å²) in [6.07, 6.45) is 0.245.